The number of ether oxygens (including phenoxy) is 1. The van der Waals surface area contributed by atoms with Crippen LogP contribution < -0.4 is 9.46 Å². The third-order valence-corrected chi connectivity index (χ3v) is 4.20. The number of benzene rings is 2. The van der Waals surface area contributed by atoms with E-state index in [-0.39, 0.29) is 24.7 Å². The fourth-order valence-electron chi connectivity index (χ4n) is 1.81. The van der Waals surface area contributed by atoms with Crippen molar-refractivity contribution in [2.45, 2.75) is 5.75 Å². The molecule has 0 radical (unpaired) electrons. The Labute approximate surface area is 139 Å². The van der Waals surface area contributed by atoms with Gasteiger partial charge in [-0.3, -0.25) is 0 Å². The van der Waals surface area contributed by atoms with Crippen molar-refractivity contribution in [1.82, 2.24) is 4.72 Å². The Hall–Kier alpha value is -2.43. The van der Waals surface area contributed by atoms with Crippen LogP contribution in [-0.2, 0) is 15.8 Å². The molecule has 2 rings (SSSR count). The van der Waals surface area contributed by atoms with Gasteiger partial charge < -0.3 is 4.74 Å². The van der Waals surface area contributed by atoms with Gasteiger partial charge in [-0.2, -0.15) is 0 Å². The van der Waals surface area contributed by atoms with E-state index in [9.17, 15) is 17.2 Å². The van der Waals surface area contributed by atoms with Crippen LogP contribution in [0.3, 0.4) is 0 Å². The zero-order chi connectivity index (χ0) is 17.4. The van der Waals surface area contributed by atoms with Crippen molar-refractivity contribution >= 4 is 10.0 Å². The molecule has 0 atom stereocenters. The predicted molar refractivity (Wildman–Crippen MR) is 86.7 cm³/mol. The summed E-state index contributed by atoms with van der Waals surface area (Å²) in [4.78, 5) is 0. The minimum absolute atomic E-state index is 0.0789. The van der Waals surface area contributed by atoms with E-state index < -0.39 is 21.7 Å². The summed E-state index contributed by atoms with van der Waals surface area (Å²) >= 11 is 0. The molecule has 0 unspecified atom stereocenters. The second-order valence-corrected chi connectivity index (χ2v) is 6.59. The Bertz CT molecular complexity index is 843. The number of hydrogen-bond acceptors (Lipinski definition) is 3. The molecule has 0 saturated heterocycles. The highest BCUT2D eigenvalue weighted by Crippen LogP contribution is 2.17. The standard InChI is InChI=1S/C17H15F2NO3S/c18-15-8-9-17(16(19)12-15)23-11-5-4-10-20-24(21,22)13-14-6-2-1-3-7-14/h1-3,6-9,12,20H,10-11,13H2. The number of hydrogen-bond donors (Lipinski definition) is 1. The number of sulfonamides is 1. The van der Waals surface area contributed by atoms with Gasteiger partial charge in [0.15, 0.2) is 11.6 Å². The lowest BCUT2D eigenvalue weighted by Gasteiger charge is -2.04. The summed E-state index contributed by atoms with van der Waals surface area (Å²) in [5.41, 5.74) is 0.674. The maximum Gasteiger partial charge on any atom is 0.216 e. The molecule has 24 heavy (non-hydrogen) atoms. The smallest absolute Gasteiger partial charge is 0.216 e. The molecule has 0 aliphatic carbocycles. The van der Waals surface area contributed by atoms with Gasteiger partial charge in [0.1, 0.15) is 12.4 Å². The van der Waals surface area contributed by atoms with Crippen LogP contribution in [0.2, 0.25) is 0 Å². The fourth-order valence-corrected chi connectivity index (χ4v) is 2.84. The van der Waals surface area contributed by atoms with Gasteiger partial charge in [0.05, 0.1) is 12.3 Å². The quantitative estimate of drug-likeness (QED) is 0.814. The topological polar surface area (TPSA) is 55.4 Å². The summed E-state index contributed by atoms with van der Waals surface area (Å²) in [5, 5.41) is 0. The minimum atomic E-state index is -3.48. The predicted octanol–water partition coefficient (Wildman–Crippen LogP) is 2.47. The van der Waals surface area contributed by atoms with Gasteiger partial charge >= 0.3 is 0 Å². The van der Waals surface area contributed by atoms with Gasteiger partial charge in [-0.05, 0) is 17.7 Å². The molecule has 0 heterocycles. The second-order valence-electron chi connectivity index (χ2n) is 4.78. The lowest BCUT2D eigenvalue weighted by atomic mass is 10.2. The van der Waals surface area contributed by atoms with Crippen LogP contribution in [0.15, 0.2) is 48.5 Å². The van der Waals surface area contributed by atoms with Gasteiger partial charge in [0.25, 0.3) is 0 Å². The summed E-state index contributed by atoms with van der Waals surface area (Å²) in [6.45, 7) is -0.215. The van der Waals surface area contributed by atoms with Crippen LogP contribution in [0.1, 0.15) is 5.56 Å². The molecule has 0 bridgehead atoms. The van der Waals surface area contributed by atoms with E-state index in [2.05, 4.69) is 16.6 Å². The first-order valence-corrected chi connectivity index (χ1v) is 8.66. The zero-order valence-corrected chi connectivity index (χ0v) is 13.4. The monoisotopic (exact) mass is 351 g/mol. The highest BCUT2D eigenvalue weighted by Gasteiger charge is 2.09. The number of nitrogens with one attached hydrogen (secondary N) is 1. The van der Waals surface area contributed by atoms with Gasteiger partial charge in [-0.25, -0.2) is 21.9 Å². The summed E-state index contributed by atoms with van der Waals surface area (Å²) in [6, 6.07) is 11.7. The molecular weight excluding hydrogens is 336 g/mol. The minimum Gasteiger partial charge on any atom is -0.478 e. The number of halogens is 2. The molecular formula is C17H15F2NO3S. The number of rotatable bonds is 6. The molecule has 126 valence electrons. The normalized spacial score (nSPS) is 10.8. The van der Waals surface area contributed by atoms with Crippen molar-refractivity contribution < 1.29 is 21.9 Å². The molecule has 0 aromatic heterocycles. The van der Waals surface area contributed by atoms with Crippen LogP contribution in [0.5, 0.6) is 5.75 Å². The van der Waals surface area contributed by atoms with Gasteiger partial charge in [-0.15, -0.1) is 0 Å². The first kappa shape index (κ1) is 17.9. The molecule has 0 aliphatic rings. The molecule has 1 N–H and O–H groups in total. The third-order valence-electron chi connectivity index (χ3n) is 2.90. The van der Waals surface area contributed by atoms with Crippen LogP contribution in [-0.4, -0.2) is 21.6 Å². The molecule has 0 saturated carbocycles. The average molecular weight is 351 g/mol. The lowest BCUT2D eigenvalue weighted by Crippen LogP contribution is -2.25. The molecule has 0 amide bonds. The van der Waals surface area contributed by atoms with Crippen molar-refractivity contribution in [3.8, 4) is 17.6 Å². The van der Waals surface area contributed by atoms with Crippen molar-refractivity contribution in [3.63, 3.8) is 0 Å². The Morgan fingerprint density at radius 2 is 1.79 bits per heavy atom. The van der Waals surface area contributed by atoms with E-state index in [1.165, 1.54) is 0 Å². The van der Waals surface area contributed by atoms with Gasteiger partial charge in [0, 0.05) is 6.07 Å². The molecule has 0 aliphatic heterocycles. The first-order chi connectivity index (χ1) is 11.5. The maximum absolute atomic E-state index is 13.3. The lowest BCUT2D eigenvalue weighted by molar-refractivity contribution is 0.346. The Morgan fingerprint density at radius 3 is 2.50 bits per heavy atom. The molecule has 2 aromatic carbocycles. The van der Waals surface area contributed by atoms with Crippen molar-refractivity contribution in [3.05, 3.63) is 65.7 Å². The molecule has 0 spiro atoms. The highest BCUT2D eigenvalue weighted by atomic mass is 32.2. The first-order valence-electron chi connectivity index (χ1n) is 7.01. The third kappa shape index (κ3) is 5.99. The van der Waals surface area contributed by atoms with Crippen molar-refractivity contribution in [1.29, 1.82) is 0 Å². The Balaban J connectivity index is 1.77. The second kappa shape index (κ2) is 8.43. The highest BCUT2D eigenvalue weighted by molar-refractivity contribution is 7.88. The Morgan fingerprint density at radius 1 is 1.04 bits per heavy atom. The van der Waals surface area contributed by atoms with E-state index in [0.717, 1.165) is 12.1 Å². The van der Waals surface area contributed by atoms with Gasteiger partial charge in [-0.1, -0.05) is 42.2 Å². The summed E-state index contributed by atoms with van der Waals surface area (Å²) in [5.74, 6) is 3.36. The van der Waals surface area contributed by atoms with Crippen LogP contribution in [0.25, 0.3) is 0 Å². The van der Waals surface area contributed by atoms with E-state index in [1.54, 1.807) is 30.3 Å². The fraction of sp³-hybridized carbons (Fsp3) is 0.176. The SMILES string of the molecule is O=S(=O)(Cc1ccccc1)NCC#CCOc1ccc(F)cc1F. The molecule has 0 fully saturated rings. The maximum atomic E-state index is 13.3. The van der Waals surface area contributed by atoms with Gasteiger partial charge in [0.2, 0.25) is 10.0 Å². The van der Waals surface area contributed by atoms with E-state index in [1.807, 2.05) is 0 Å². The van der Waals surface area contributed by atoms with E-state index in [0.29, 0.717) is 11.6 Å². The largest absolute Gasteiger partial charge is 0.478 e. The van der Waals surface area contributed by atoms with Crippen LogP contribution in [0.4, 0.5) is 8.78 Å². The molecule has 2 aromatic rings. The van der Waals surface area contributed by atoms with Crippen molar-refractivity contribution in [2.24, 2.45) is 0 Å². The molecule has 7 heteroatoms. The summed E-state index contributed by atoms with van der Waals surface area (Å²) in [7, 11) is -3.48. The van der Waals surface area contributed by atoms with Crippen LogP contribution in [0, 0.1) is 23.5 Å². The van der Waals surface area contributed by atoms with Crippen molar-refractivity contribution in [2.75, 3.05) is 13.2 Å². The summed E-state index contributed by atoms with van der Waals surface area (Å²) in [6.07, 6.45) is 0. The summed E-state index contributed by atoms with van der Waals surface area (Å²) < 4.78 is 57.0. The zero-order valence-electron chi connectivity index (χ0n) is 12.6. The van der Waals surface area contributed by atoms with Crippen LogP contribution >= 0.6 is 0 Å². The Kier molecular flexibility index (Phi) is 6.29. The van der Waals surface area contributed by atoms with E-state index in [4.69, 9.17) is 4.74 Å². The molecule has 4 nitrogen and oxygen atoms in total. The average Bonchev–Trinajstić information content (AvgIpc) is 2.53. The van der Waals surface area contributed by atoms with E-state index >= 15 is 0 Å².